The van der Waals surface area contributed by atoms with E-state index in [0.29, 0.717) is 10.0 Å². The first-order valence-corrected chi connectivity index (χ1v) is 8.29. The van der Waals surface area contributed by atoms with Crippen molar-refractivity contribution in [2.75, 3.05) is 4.72 Å². The summed E-state index contributed by atoms with van der Waals surface area (Å²) >= 11 is 14.9. The van der Waals surface area contributed by atoms with Crippen molar-refractivity contribution in [3.8, 4) is 0 Å². The first-order valence-electron chi connectivity index (χ1n) is 5.26. The molecule has 106 valence electrons. The maximum Gasteiger partial charge on any atom is 0.262 e. The van der Waals surface area contributed by atoms with Crippen molar-refractivity contribution in [2.24, 2.45) is 0 Å². The van der Waals surface area contributed by atoms with Crippen molar-refractivity contribution in [1.29, 1.82) is 0 Å². The molecule has 0 amide bonds. The van der Waals surface area contributed by atoms with Gasteiger partial charge in [-0.25, -0.2) is 18.4 Å². The van der Waals surface area contributed by atoms with Gasteiger partial charge in [-0.05, 0) is 24.6 Å². The van der Waals surface area contributed by atoms with Crippen LogP contribution in [0.3, 0.4) is 0 Å². The minimum absolute atomic E-state index is 0.0461. The highest BCUT2D eigenvalue weighted by Gasteiger charge is 2.21. The van der Waals surface area contributed by atoms with Crippen LogP contribution in [-0.4, -0.2) is 18.4 Å². The first kappa shape index (κ1) is 15.5. The lowest BCUT2D eigenvalue weighted by atomic mass is 10.2. The molecule has 0 fully saturated rings. The number of aryl methyl sites for hydroxylation is 1. The van der Waals surface area contributed by atoms with E-state index in [-0.39, 0.29) is 20.9 Å². The van der Waals surface area contributed by atoms with Gasteiger partial charge in [-0.3, -0.25) is 4.72 Å². The predicted octanol–water partition coefficient (Wildman–Crippen LogP) is 3.66. The van der Waals surface area contributed by atoms with Gasteiger partial charge in [0.05, 0.1) is 4.90 Å². The zero-order valence-electron chi connectivity index (χ0n) is 10.1. The Morgan fingerprint density at radius 2 is 1.80 bits per heavy atom. The number of halogens is 3. The molecular formula is C11H8BrCl2N3O2S. The highest BCUT2D eigenvalue weighted by Crippen LogP contribution is 2.29. The molecule has 0 saturated carbocycles. The Balaban J connectivity index is 2.49. The second-order valence-corrected chi connectivity index (χ2v) is 7.13. The second kappa shape index (κ2) is 5.85. The summed E-state index contributed by atoms with van der Waals surface area (Å²) in [4.78, 5) is 7.50. The molecule has 1 heterocycles. The average molecular weight is 397 g/mol. The number of nitrogens with zero attached hydrogens (tertiary/aromatic N) is 2. The molecule has 1 aromatic carbocycles. The highest BCUT2D eigenvalue weighted by atomic mass is 79.9. The number of benzene rings is 1. The number of sulfonamides is 1. The molecule has 0 saturated heterocycles. The lowest BCUT2D eigenvalue weighted by molar-refractivity contribution is 0.600. The smallest absolute Gasteiger partial charge is 0.262 e. The Hall–Kier alpha value is -0.890. The standard InChI is InChI=1S/C11H8BrCl2N3O2S/c1-6-2-3-7(12)4-8(6)20(18,19)17-9-10(13)15-5-16-11(9)14/h2-5,17H,1H3. The van der Waals surface area contributed by atoms with Crippen molar-refractivity contribution in [1.82, 2.24) is 9.97 Å². The van der Waals surface area contributed by atoms with Gasteiger partial charge in [0.15, 0.2) is 10.3 Å². The minimum Gasteiger partial charge on any atom is -0.274 e. The zero-order chi connectivity index (χ0) is 14.9. The summed E-state index contributed by atoms with van der Waals surface area (Å²) in [6.07, 6.45) is 1.15. The minimum atomic E-state index is -3.84. The molecule has 1 N–H and O–H groups in total. The van der Waals surface area contributed by atoms with Crippen molar-refractivity contribution in [3.05, 3.63) is 44.9 Å². The zero-order valence-corrected chi connectivity index (χ0v) is 14.0. The topological polar surface area (TPSA) is 72.0 Å². The van der Waals surface area contributed by atoms with Crippen LogP contribution in [0.25, 0.3) is 0 Å². The molecule has 0 atom stereocenters. The fraction of sp³-hybridized carbons (Fsp3) is 0.0909. The Morgan fingerprint density at radius 1 is 1.20 bits per heavy atom. The molecule has 0 radical (unpaired) electrons. The molecule has 0 bridgehead atoms. The van der Waals surface area contributed by atoms with Crippen LogP contribution in [0.5, 0.6) is 0 Å². The quantitative estimate of drug-likeness (QED) is 0.803. The number of hydrogen-bond donors (Lipinski definition) is 1. The van der Waals surface area contributed by atoms with Gasteiger partial charge in [0, 0.05) is 4.47 Å². The van der Waals surface area contributed by atoms with Crippen molar-refractivity contribution in [2.45, 2.75) is 11.8 Å². The molecule has 0 unspecified atom stereocenters. The SMILES string of the molecule is Cc1ccc(Br)cc1S(=O)(=O)Nc1c(Cl)ncnc1Cl. The molecule has 1 aromatic heterocycles. The molecule has 2 rings (SSSR count). The van der Waals surface area contributed by atoms with Crippen LogP contribution in [0.4, 0.5) is 5.69 Å². The fourth-order valence-electron chi connectivity index (χ4n) is 1.48. The number of hydrogen-bond acceptors (Lipinski definition) is 4. The first-order chi connectivity index (χ1) is 9.31. The van der Waals surface area contributed by atoms with Crippen LogP contribution < -0.4 is 4.72 Å². The van der Waals surface area contributed by atoms with E-state index in [1.165, 1.54) is 6.07 Å². The van der Waals surface area contributed by atoms with E-state index in [2.05, 4.69) is 30.6 Å². The van der Waals surface area contributed by atoms with Gasteiger partial charge >= 0.3 is 0 Å². The third kappa shape index (κ3) is 3.22. The van der Waals surface area contributed by atoms with Crippen LogP contribution >= 0.6 is 39.1 Å². The van der Waals surface area contributed by atoms with E-state index in [1.807, 2.05) is 0 Å². The van der Waals surface area contributed by atoms with Gasteiger partial charge in [0.1, 0.15) is 12.0 Å². The average Bonchev–Trinajstić information content (AvgIpc) is 2.37. The molecule has 20 heavy (non-hydrogen) atoms. The van der Waals surface area contributed by atoms with Gasteiger partial charge in [-0.1, -0.05) is 45.2 Å². The van der Waals surface area contributed by atoms with E-state index < -0.39 is 10.0 Å². The Labute approximate surface area is 134 Å². The van der Waals surface area contributed by atoms with Crippen molar-refractivity contribution in [3.63, 3.8) is 0 Å². The Morgan fingerprint density at radius 3 is 2.40 bits per heavy atom. The summed E-state index contributed by atoms with van der Waals surface area (Å²) in [5.41, 5.74) is 0.542. The summed E-state index contributed by atoms with van der Waals surface area (Å²) in [7, 11) is -3.84. The third-order valence-electron chi connectivity index (χ3n) is 2.43. The number of rotatable bonds is 3. The normalized spacial score (nSPS) is 11.4. The molecule has 0 aliphatic heterocycles. The van der Waals surface area contributed by atoms with Crippen LogP contribution in [-0.2, 0) is 10.0 Å². The van der Waals surface area contributed by atoms with E-state index >= 15 is 0 Å². The lowest BCUT2D eigenvalue weighted by Crippen LogP contribution is -2.15. The van der Waals surface area contributed by atoms with E-state index in [1.54, 1.807) is 19.1 Å². The summed E-state index contributed by atoms with van der Waals surface area (Å²) < 4.78 is 27.7. The van der Waals surface area contributed by atoms with Crippen molar-refractivity contribution >= 4 is 54.8 Å². The van der Waals surface area contributed by atoms with Crippen LogP contribution in [0.15, 0.2) is 33.9 Å². The van der Waals surface area contributed by atoms with E-state index in [4.69, 9.17) is 23.2 Å². The molecule has 9 heteroatoms. The number of aromatic nitrogens is 2. The molecule has 2 aromatic rings. The van der Waals surface area contributed by atoms with Crippen LogP contribution in [0, 0.1) is 6.92 Å². The predicted molar refractivity (Wildman–Crippen MR) is 81.7 cm³/mol. The molecular weight excluding hydrogens is 389 g/mol. The molecule has 5 nitrogen and oxygen atoms in total. The number of anilines is 1. The second-order valence-electron chi connectivity index (χ2n) is 3.85. The molecule has 0 aliphatic carbocycles. The summed E-state index contributed by atoms with van der Waals surface area (Å²) in [5.74, 6) is 0. The Bertz CT molecular complexity index is 748. The van der Waals surface area contributed by atoms with Gasteiger partial charge < -0.3 is 0 Å². The van der Waals surface area contributed by atoms with Gasteiger partial charge in [0.2, 0.25) is 0 Å². The lowest BCUT2D eigenvalue weighted by Gasteiger charge is -2.12. The third-order valence-corrected chi connectivity index (χ3v) is 4.99. The Kier molecular flexibility index (Phi) is 4.53. The molecule has 0 aliphatic rings. The van der Waals surface area contributed by atoms with Crippen molar-refractivity contribution < 1.29 is 8.42 Å². The molecule has 0 spiro atoms. The number of nitrogens with one attached hydrogen (secondary N) is 1. The summed E-state index contributed by atoms with van der Waals surface area (Å²) in [6.45, 7) is 1.69. The van der Waals surface area contributed by atoms with E-state index in [9.17, 15) is 8.42 Å². The summed E-state index contributed by atoms with van der Waals surface area (Å²) in [6, 6.07) is 4.92. The largest absolute Gasteiger partial charge is 0.274 e. The van der Waals surface area contributed by atoms with Crippen LogP contribution in [0.2, 0.25) is 10.3 Å². The highest BCUT2D eigenvalue weighted by molar-refractivity contribution is 9.10. The van der Waals surface area contributed by atoms with Gasteiger partial charge in [0.25, 0.3) is 10.0 Å². The fourth-order valence-corrected chi connectivity index (χ4v) is 3.86. The van der Waals surface area contributed by atoms with Crippen LogP contribution in [0.1, 0.15) is 5.56 Å². The summed E-state index contributed by atoms with van der Waals surface area (Å²) in [5, 5.41) is -0.137. The van der Waals surface area contributed by atoms with Gasteiger partial charge in [-0.15, -0.1) is 0 Å². The van der Waals surface area contributed by atoms with E-state index in [0.717, 1.165) is 6.33 Å². The monoisotopic (exact) mass is 395 g/mol. The van der Waals surface area contributed by atoms with Gasteiger partial charge in [-0.2, -0.15) is 0 Å². The maximum absolute atomic E-state index is 12.4. The maximum atomic E-state index is 12.4.